The van der Waals surface area contributed by atoms with Crippen LogP contribution in [0.3, 0.4) is 0 Å². The number of halogens is 1. The van der Waals surface area contributed by atoms with Crippen LogP contribution in [0.5, 0.6) is 0 Å². The van der Waals surface area contributed by atoms with Gasteiger partial charge in [0.05, 0.1) is 15.0 Å². The van der Waals surface area contributed by atoms with Gasteiger partial charge in [-0.3, -0.25) is 4.79 Å². The normalized spacial score (nSPS) is 11.3. The van der Waals surface area contributed by atoms with Crippen LogP contribution in [0, 0.1) is 0 Å². The minimum Gasteiger partial charge on any atom is -0.321 e. The molecule has 19 heavy (non-hydrogen) atoms. The molecule has 0 atom stereocenters. The smallest absolute Gasteiger partial charge is 0.256 e. The zero-order valence-corrected chi connectivity index (χ0v) is 12.7. The Kier molecular flexibility index (Phi) is 4.04. The molecule has 0 saturated carbocycles. The number of sulfonamides is 1. The lowest BCUT2D eigenvalue weighted by atomic mass is 10.3. The van der Waals surface area contributed by atoms with Gasteiger partial charge in [0.2, 0.25) is 10.0 Å². The zero-order chi connectivity index (χ0) is 14.0. The number of hydrogen-bond acceptors (Lipinski definition) is 4. The van der Waals surface area contributed by atoms with Gasteiger partial charge >= 0.3 is 0 Å². The average Bonchev–Trinajstić information content (AvgIpc) is 2.75. The molecule has 0 unspecified atom stereocenters. The number of anilines is 1. The lowest BCUT2D eigenvalue weighted by Gasteiger charge is -2.08. The van der Waals surface area contributed by atoms with Crippen LogP contribution in [0.4, 0.5) is 5.69 Å². The lowest BCUT2D eigenvalue weighted by Crippen LogP contribution is -2.18. The Labute approximate surface area is 122 Å². The van der Waals surface area contributed by atoms with E-state index in [1.807, 2.05) is 0 Å². The molecule has 1 aromatic heterocycles. The Bertz CT molecular complexity index is 725. The Morgan fingerprint density at radius 2 is 2.00 bits per heavy atom. The third kappa shape index (κ3) is 3.41. The molecule has 0 aliphatic heterocycles. The van der Waals surface area contributed by atoms with Gasteiger partial charge in [0, 0.05) is 5.38 Å². The van der Waals surface area contributed by atoms with Crippen LogP contribution in [0.2, 0.25) is 0 Å². The van der Waals surface area contributed by atoms with Crippen LogP contribution in [-0.2, 0) is 10.0 Å². The minimum atomic E-state index is -3.88. The van der Waals surface area contributed by atoms with Gasteiger partial charge in [-0.15, -0.1) is 11.3 Å². The van der Waals surface area contributed by atoms with Crippen LogP contribution in [-0.4, -0.2) is 14.3 Å². The van der Waals surface area contributed by atoms with Crippen molar-refractivity contribution in [2.75, 3.05) is 5.32 Å². The maximum absolute atomic E-state index is 11.9. The van der Waals surface area contributed by atoms with Crippen LogP contribution in [0.1, 0.15) is 10.4 Å². The number of primary sulfonamides is 1. The predicted octanol–water partition coefficient (Wildman–Crippen LogP) is 2.41. The Morgan fingerprint density at radius 3 is 2.58 bits per heavy atom. The van der Waals surface area contributed by atoms with E-state index in [-0.39, 0.29) is 10.6 Å². The number of amides is 1. The molecule has 1 heterocycles. The van der Waals surface area contributed by atoms with E-state index in [1.165, 1.54) is 29.5 Å². The first-order valence-electron chi connectivity index (χ1n) is 5.05. The number of hydrogen-bond donors (Lipinski definition) is 2. The predicted molar refractivity (Wildman–Crippen MR) is 77.8 cm³/mol. The molecule has 2 aromatic rings. The van der Waals surface area contributed by atoms with Crippen molar-refractivity contribution in [1.29, 1.82) is 0 Å². The van der Waals surface area contributed by atoms with E-state index in [2.05, 4.69) is 21.2 Å². The number of para-hydroxylation sites is 1. The third-order valence-electron chi connectivity index (χ3n) is 2.27. The number of nitrogens with one attached hydrogen (secondary N) is 1. The fourth-order valence-corrected chi connectivity index (χ4v) is 3.27. The number of benzene rings is 1. The van der Waals surface area contributed by atoms with E-state index in [0.29, 0.717) is 5.56 Å². The molecule has 0 spiro atoms. The topological polar surface area (TPSA) is 89.3 Å². The van der Waals surface area contributed by atoms with Gasteiger partial charge in [0.1, 0.15) is 4.90 Å². The second kappa shape index (κ2) is 5.41. The summed E-state index contributed by atoms with van der Waals surface area (Å²) in [5.41, 5.74) is 0.610. The number of rotatable bonds is 3. The van der Waals surface area contributed by atoms with Gasteiger partial charge in [-0.1, -0.05) is 12.1 Å². The summed E-state index contributed by atoms with van der Waals surface area (Å²) in [6.07, 6.45) is 0. The Morgan fingerprint density at radius 1 is 1.32 bits per heavy atom. The monoisotopic (exact) mass is 360 g/mol. The first kappa shape index (κ1) is 14.2. The number of thiophene rings is 1. The fourth-order valence-electron chi connectivity index (χ4n) is 1.44. The molecule has 1 aromatic carbocycles. The minimum absolute atomic E-state index is 0.113. The summed E-state index contributed by atoms with van der Waals surface area (Å²) in [5, 5.41) is 9.29. The molecule has 0 radical (unpaired) electrons. The molecule has 0 saturated heterocycles. The van der Waals surface area contributed by atoms with Crippen molar-refractivity contribution in [3.8, 4) is 0 Å². The number of carbonyl (C=O) groups is 1. The fraction of sp³-hybridized carbons (Fsp3) is 0. The summed E-state index contributed by atoms with van der Waals surface area (Å²) in [6, 6.07) is 7.64. The maximum Gasteiger partial charge on any atom is 0.256 e. The first-order chi connectivity index (χ1) is 8.88. The van der Waals surface area contributed by atoms with E-state index in [4.69, 9.17) is 5.14 Å². The Balaban J connectivity index is 2.32. The van der Waals surface area contributed by atoms with Gasteiger partial charge in [0.25, 0.3) is 5.91 Å². The summed E-state index contributed by atoms with van der Waals surface area (Å²) >= 11 is 4.62. The van der Waals surface area contributed by atoms with Crippen molar-refractivity contribution >= 4 is 48.9 Å². The summed E-state index contributed by atoms with van der Waals surface area (Å²) in [7, 11) is -3.88. The van der Waals surface area contributed by atoms with Gasteiger partial charge in [-0.2, -0.15) is 0 Å². The number of carbonyl (C=O) groups excluding carboxylic acids is 1. The van der Waals surface area contributed by atoms with Crippen molar-refractivity contribution in [2.45, 2.75) is 4.90 Å². The van der Waals surface area contributed by atoms with E-state index in [0.717, 1.165) is 3.79 Å². The molecule has 100 valence electrons. The number of nitrogens with two attached hydrogens (primary N) is 1. The van der Waals surface area contributed by atoms with Crippen molar-refractivity contribution in [3.63, 3.8) is 0 Å². The molecular weight excluding hydrogens is 352 g/mol. The van der Waals surface area contributed by atoms with Crippen LogP contribution < -0.4 is 10.5 Å². The molecular formula is C11H9BrN2O3S2. The van der Waals surface area contributed by atoms with E-state index < -0.39 is 15.9 Å². The van der Waals surface area contributed by atoms with Gasteiger partial charge < -0.3 is 5.32 Å². The Hall–Kier alpha value is -1.22. The second-order valence-corrected chi connectivity index (χ2v) is 7.46. The molecule has 0 aliphatic carbocycles. The van der Waals surface area contributed by atoms with Gasteiger partial charge in [-0.25, -0.2) is 13.6 Å². The molecule has 8 heteroatoms. The summed E-state index contributed by atoms with van der Waals surface area (Å²) in [6.45, 7) is 0. The van der Waals surface area contributed by atoms with Crippen LogP contribution >= 0.6 is 27.3 Å². The molecule has 0 bridgehead atoms. The SMILES string of the molecule is NS(=O)(=O)c1ccccc1NC(=O)c1csc(Br)c1. The van der Waals surface area contributed by atoms with Crippen molar-refractivity contribution in [3.05, 3.63) is 45.1 Å². The van der Waals surface area contributed by atoms with Crippen molar-refractivity contribution in [1.82, 2.24) is 0 Å². The second-order valence-electron chi connectivity index (χ2n) is 3.63. The maximum atomic E-state index is 11.9. The van der Waals surface area contributed by atoms with E-state index in [1.54, 1.807) is 17.5 Å². The summed E-state index contributed by atoms with van der Waals surface area (Å²) < 4.78 is 23.6. The quantitative estimate of drug-likeness (QED) is 0.880. The van der Waals surface area contributed by atoms with Gasteiger partial charge in [0.15, 0.2) is 0 Å². The molecule has 0 fully saturated rings. The average molecular weight is 361 g/mol. The lowest BCUT2D eigenvalue weighted by molar-refractivity contribution is 0.102. The first-order valence-corrected chi connectivity index (χ1v) is 8.27. The zero-order valence-electron chi connectivity index (χ0n) is 9.46. The summed E-state index contributed by atoms with van der Waals surface area (Å²) in [5.74, 6) is -0.391. The summed E-state index contributed by atoms with van der Waals surface area (Å²) in [4.78, 5) is 11.8. The molecule has 5 nitrogen and oxygen atoms in total. The third-order valence-corrected chi connectivity index (χ3v) is 4.74. The highest BCUT2D eigenvalue weighted by molar-refractivity contribution is 9.11. The van der Waals surface area contributed by atoms with Crippen molar-refractivity contribution < 1.29 is 13.2 Å². The van der Waals surface area contributed by atoms with E-state index in [9.17, 15) is 13.2 Å². The molecule has 1 amide bonds. The highest BCUT2D eigenvalue weighted by Crippen LogP contribution is 2.23. The molecule has 0 aliphatic rings. The van der Waals surface area contributed by atoms with Crippen LogP contribution in [0.15, 0.2) is 44.4 Å². The largest absolute Gasteiger partial charge is 0.321 e. The van der Waals surface area contributed by atoms with Crippen molar-refractivity contribution in [2.24, 2.45) is 5.14 Å². The standard InChI is InChI=1S/C11H9BrN2O3S2/c12-10-5-7(6-18-10)11(15)14-8-3-1-2-4-9(8)19(13,16)17/h1-6H,(H,14,15)(H2,13,16,17). The highest BCUT2D eigenvalue weighted by Gasteiger charge is 2.16. The van der Waals surface area contributed by atoms with E-state index >= 15 is 0 Å². The van der Waals surface area contributed by atoms with Crippen LogP contribution in [0.25, 0.3) is 0 Å². The molecule has 2 rings (SSSR count). The highest BCUT2D eigenvalue weighted by atomic mass is 79.9. The van der Waals surface area contributed by atoms with Gasteiger partial charge in [-0.05, 0) is 34.1 Å². The molecule has 3 N–H and O–H groups in total.